The van der Waals surface area contributed by atoms with Crippen LogP contribution in [0.4, 0.5) is 0 Å². The second kappa shape index (κ2) is 8.25. The number of rotatable bonds is 7. The van der Waals surface area contributed by atoms with Crippen molar-refractivity contribution < 1.29 is 9.59 Å². The second-order valence-corrected chi connectivity index (χ2v) is 3.90. The van der Waals surface area contributed by atoms with E-state index in [1.165, 1.54) is 0 Å². The van der Waals surface area contributed by atoms with Gasteiger partial charge in [0.1, 0.15) is 0 Å². The zero-order chi connectivity index (χ0) is 13.2. The molecule has 18 heavy (non-hydrogen) atoms. The highest BCUT2D eigenvalue weighted by Crippen LogP contribution is 2.01. The number of hydrogen-bond acceptors (Lipinski definition) is 3. The van der Waals surface area contributed by atoms with Crippen LogP contribution in [0, 0.1) is 0 Å². The Morgan fingerprint density at radius 1 is 1.06 bits per heavy atom. The fraction of sp³-hybridized carbons (Fsp3) is 0.385. The summed E-state index contributed by atoms with van der Waals surface area (Å²) in [6, 6.07) is 9.76. The normalized spacial score (nSPS) is 9.83. The van der Waals surface area contributed by atoms with E-state index in [0.29, 0.717) is 25.9 Å². The number of amides is 2. The SMILES string of the molecule is NCCNC(=O)CNC(=O)CCc1ccccc1. The first-order chi connectivity index (χ1) is 8.72. The lowest BCUT2D eigenvalue weighted by Crippen LogP contribution is -2.38. The zero-order valence-electron chi connectivity index (χ0n) is 10.3. The number of benzene rings is 1. The highest BCUT2D eigenvalue weighted by molar-refractivity contribution is 5.84. The van der Waals surface area contributed by atoms with Crippen molar-refractivity contribution in [3.8, 4) is 0 Å². The van der Waals surface area contributed by atoms with Crippen molar-refractivity contribution in [1.82, 2.24) is 10.6 Å². The van der Waals surface area contributed by atoms with Gasteiger partial charge in [-0.15, -0.1) is 0 Å². The van der Waals surface area contributed by atoms with Gasteiger partial charge < -0.3 is 16.4 Å². The Morgan fingerprint density at radius 2 is 1.78 bits per heavy atom. The van der Waals surface area contributed by atoms with Gasteiger partial charge >= 0.3 is 0 Å². The molecule has 4 N–H and O–H groups in total. The van der Waals surface area contributed by atoms with Crippen LogP contribution in [-0.4, -0.2) is 31.4 Å². The number of nitrogens with one attached hydrogen (secondary N) is 2. The summed E-state index contributed by atoms with van der Waals surface area (Å²) < 4.78 is 0. The molecule has 0 spiro atoms. The Labute approximate surface area is 107 Å². The second-order valence-electron chi connectivity index (χ2n) is 3.90. The van der Waals surface area contributed by atoms with Crippen LogP contribution in [0.3, 0.4) is 0 Å². The molecular weight excluding hydrogens is 230 g/mol. The van der Waals surface area contributed by atoms with Crippen molar-refractivity contribution in [3.05, 3.63) is 35.9 Å². The lowest BCUT2D eigenvalue weighted by Gasteiger charge is -2.06. The Hall–Kier alpha value is -1.88. The van der Waals surface area contributed by atoms with Crippen LogP contribution in [-0.2, 0) is 16.0 Å². The summed E-state index contributed by atoms with van der Waals surface area (Å²) in [5.41, 5.74) is 6.35. The first kappa shape index (κ1) is 14.2. The molecule has 0 aliphatic rings. The van der Waals surface area contributed by atoms with Gasteiger partial charge in [0.2, 0.25) is 11.8 Å². The summed E-state index contributed by atoms with van der Waals surface area (Å²) in [5.74, 6) is -0.338. The molecule has 1 rings (SSSR count). The Kier molecular flexibility index (Phi) is 6.50. The largest absolute Gasteiger partial charge is 0.353 e. The van der Waals surface area contributed by atoms with E-state index >= 15 is 0 Å². The van der Waals surface area contributed by atoms with Gasteiger partial charge in [0.05, 0.1) is 6.54 Å². The molecule has 0 heterocycles. The topological polar surface area (TPSA) is 84.2 Å². The number of aryl methyl sites for hydroxylation is 1. The summed E-state index contributed by atoms with van der Waals surface area (Å²) >= 11 is 0. The minimum Gasteiger partial charge on any atom is -0.353 e. The zero-order valence-corrected chi connectivity index (χ0v) is 10.3. The highest BCUT2D eigenvalue weighted by atomic mass is 16.2. The molecule has 0 saturated carbocycles. The molecule has 0 aromatic heterocycles. The molecule has 0 fully saturated rings. The van der Waals surface area contributed by atoms with E-state index in [0.717, 1.165) is 5.56 Å². The van der Waals surface area contributed by atoms with Gasteiger partial charge in [0, 0.05) is 19.5 Å². The van der Waals surface area contributed by atoms with E-state index in [-0.39, 0.29) is 18.4 Å². The van der Waals surface area contributed by atoms with E-state index in [4.69, 9.17) is 5.73 Å². The van der Waals surface area contributed by atoms with Crippen LogP contribution < -0.4 is 16.4 Å². The van der Waals surface area contributed by atoms with Crippen molar-refractivity contribution in [2.75, 3.05) is 19.6 Å². The van der Waals surface area contributed by atoms with Crippen LogP contribution in [0.25, 0.3) is 0 Å². The number of carbonyl (C=O) groups is 2. The van der Waals surface area contributed by atoms with Gasteiger partial charge in [-0.05, 0) is 12.0 Å². The first-order valence-corrected chi connectivity index (χ1v) is 5.99. The van der Waals surface area contributed by atoms with Crippen LogP contribution in [0.1, 0.15) is 12.0 Å². The molecule has 5 nitrogen and oxygen atoms in total. The Morgan fingerprint density at radius 3 is 2.44 bits per heavy atom. The van der Waals surface area contributed by atoms with Crippen molar-refractivity contribution in [2.24, 2.45) is 5.73 Å². The molecule has 1 aromatic carbocycles. The third kappa shape index (κ3) is 6.00. The minimum absolute atomic E-state index is 0.00756. The smallest absolute Gasteiger partial charge is 0.239 e. The van der Waals surface area contributed by atoms with E-state index in [2.05, 4.69) is 10.6 Å². The van der Waals surface area contributed by atoms with Gasteiger partial charge in [0.15, 0.2) is 0 Å². The Bertz CT molecular complexity index is 379. The fourth-order valence-corrected chi connectivity index (χ4v) is 1.44. The first-order valence-electron chi connectivity index (χ1n) is 5.99. The molecule has 98 valence electrons. The van der Waals surface area contributed by atoms with Crippen molar-refractivity contribution >= 4 is 11.8 Å². The summed E-state index contributed by atoms with van der Waals surface area (Å²) in [7, 11) is 0. The number of nitrogens with two attached hydrogens (primary N) is 1. The minimum atomic E-state index is -0.214. The van der Waals surface area contributed by atoms with Gasteiger partial charge in [-0.3, -0.25) is 9.59 Å². The Balaban J connectivity index is 2.16. The quantitative estimate of drug-likeness (QED) is 0.626. The van der Waals surface area contributed by atoms with Crippen LogP contribution in [0.2, 0.25) is 0 Å². The van der Waals surface area contributed by atoms with Gasteiger partial charge in [-0.25, -0.2) is 0 Å². The summed E-state index contributed by atoms with van der Waals surface area (Å²) in [6.07, 6.45) is 1.06. The molecule has 0 saturated heterocycles. The fourth-order valence-electron chi connectivity index (χ4n) is 1.44. The molecule has 0 radical (unpaired) electrons. The average molecular weight is 249 g/mol. The highest BCUT2D eigenvalue weighted by Gasteiger charge is 2.04. The molecule has 0 unspecified atom stereocenters. The molecule has 0 atom stereocenters. The maximum absolute atomic E-state index is 11.5. The van der Waals surface area contributed by atoms with Crippen molar-refractivity contribution in [1.29, 1.82) is 0 Å². The van der Waals surface area contributed by atoms with Crippen molar-refractivity contribution in [2.45, 2.75) is 12.8 Å². The molecular formula is C13H19N3O2. The maximum atomic E-state index is 11.5. The predicted molar refractivity (Wildman–Crippen MR) is 69.8 cm³/mol. The number of hydrogen-bond donors (Lipinski definition) is 3. The molecule has 1 aromatic rings. The average Bonchev–Trinajstić information content (AvgIpc) is 2.41. The van der Waals surface area contributed by atoms with Crippen LogP contribution in [0.15, 0.2) is 30.3 Å². The van der Waals surface area contributed by atoms with Crippen molar-refractivity contribution in [3.63, 3.8) is 0 Å². The van der Waals surface area contributed by atoms with Crippen LogP contribution >= 0.6 is 0 Å². The van der Waals surface area contributed by atoms with E-state index in [9.17, 15) is 9.59 Å². The lowest BCUT2D eigenvalue weighted by atomic mass is 10.1. The van der Waals surface area contributed by atoms with Gasteiger partial charge in [-0.1, -0.05) is 30.3 Å². The van der Waals surface area contributed by atoms with E-state index < -0.39 is 0 Å². The van der Waals surface area contributed by atoms with E-state index in [1.54, 1.807) is 0 Å². The summed E-state index contributed by atoms with van der Waals surface area (Å²) in [6.45, 7) is 0.833. The predicted octanol–water partition coefficient (Wildman–Crippen LogP) is -0.190. The molecule has 2 amide bonds. The lowest BCUT2D eigenvalue weighted by molar-refractivity contribution is -0.126. The van der Waals surface area contributed by atoms with E-state index in [1.807, 2.05) is 30.3 Å². The third-order valence-electron chi connectivity index (χ3n) is 2.40. The summed E-state index contributed by atoms with van der Waals surface area (Å²) in [4.78, 5) is 22.7. The molecule has 0 bridgehead atoms. The van der Waals surface area contributed by atoms with Gasteiger partial charge in [0.25, 0.3) is 0 Å². The maximum Gasteiger partial charge on any atom is 0.239 e. The monoisotopic (exact) mass is 249 g/mol. The molecule has 0 aliphatic heterocycles. The van der Waals surface area contributed by atoms with Gasteiger partial charge in [-0.2, -0.15) is 0 Å². The molecule has 5 heteroatoms. The third-order valence-corrected chi connectivity index (χ3v) is 2.40. The standard InChI is InChI=1S/C13H19N3O2/c14-8-9-15-13(18)10-16-12(17)7-6-11-4-2-1-3-5-11/h1-5H,6-10,14H2,(H,15,18)(H,16,17). The molecule has 0 aliphatic carbocycles. The number of carbonyl (C=O) groups excluding carboxylic acids is 2. The van der Waals surface area contributed by atoms with Crippen LogP contribution in [0.5, 0.6) is 0 Å². The summed E-state index contributed by atoms with van der Waals surface area (Å²) in [5, 5.41) is 5.15.